The Labute approximate surface area is 84.8 Å². The molecular formula is C9H17NO2S. The van der Waals surface area contributed by atoms with Gasteiger partial charge in [-0.2, -0.15) is 0 Å². The fraction of sp³-hybridized carbons (Fsp3) is 0.889. The third-order valence-corrected chi connectivity index (χ3v) is 2.59. The summed E-state index contributed by atoms with van der Waals surface area (Å²) in [6, 6.07) is 0. The largest absolute Gasteiger partial charge is 0.379 e. The molecule has 0 spiro atoms. The number of hydrogen-bond donors (Lipinski definition) is 1. The summed E-state index contributed by atoms with van der Waals surface area (Å²) < 4.78 is 10.8. The molecule has 13 heavy (non-hydrogen) atoms. The topological polar surface area (TPSA) is 30.5 Å². The molecule has 3 nitrogen and oxygen atoms in total. The fourth-order valence-corrected chi connectivity index (χ4v) is 1.79. The summed E-state index contributed by atoms with van der Waals surface area (Å²) in [6.45, 7) is 3.76. The van der Waals surface area contributed by atoms with Crippen molar-refractivity contribution in [1.29, 1.82) is 0 Å². The first kappa shape index (κ1) is 10.9. The molecule has 0 aromatic carbocycles. The van der Waals surface area contributed by atoms with Gasteiger partial charge in [0.15, 0.2) is 6.29 Å². The summed E-state index contributed by atoms with van der Waals surface area (Å²) in [6.07, 6.45) is 1.86. The van der Waals surface area contributed by atoms with Gasteiger partial charge < -0.3 is 14.8 Å². The molecule has 0 saturated carbocycles. The van der Waals surface area contributed by atoms with E-state index in [9.17, 15) is 0 Å². The highest BCUT2D eigenvalue weighted by Crippen LogP contribution is 2.19. The van der Waals surface area contributed by atoms with Gasteiger partial charge in [-0.3, -0.25) is 0 Å². The van der Waals surface area contributed by atoms with Gasteiger partial charge in [0.1, 0.15) is 0 Å². The highest BCUT2D eigenvalue weighted by Gasteiger charge is 2.29. The highest BCUT2D eigenvalue weighted by atomic mass is 32.1. The lowest BCUT2D eigenvalue weighted by molar-refractivity contribution is -0.140. The molecule has 1 fully saturated rings. The molecule has 0 radical (unpaired) electrons. The SMILES string of the molecule is CCCOC(OC)C1CCNC1=S. The monoisotopic (exact) mass is 203 g/mol. The highest BCUT2D eigenvalue weighted by molar-refractivity contribution is 7.80. The average molecular weight is 203 g/mol. The van der Waals surface area contributed by atoms with Crippen LogP contribution in [0.3, 0.4) is 0 Å². The molecule has 2 unspecified atom stereocenters. The Morgan fingerprint density at radius 3 is 2.92 bits per heavy atom. The minimum Gasteiger partial charge on any atom is -0.379 e. The molecule has 0 amide bonds. The van der Waals surface area contributed by atoms with E-state index in [1.54, 1.807) is 7.11 Å². The van der Waals surface area contributed by atoms with E-state index < -0.39 is 0 Å². The van der Waals surface area contributed by atoms with E-state index in [1.165, 1.54) is 0 Å². The van der Waals surface area contributed by atoms with Crippen LogP contribution in [0.1, 0.15) is 19.8 Å². The Balaban J connectivity index is 2.40. The summed E-state index contributed by atoms with van der Waals surface area (Å²) in [4.78, 5) is 0.878. The van der Waals surface area contributed by atoms with Gasteiger partial charge in [-0.05, 0) is 12.8 Å². The van der Waals surface area contributed by atoms with E-state index in [4.69, 9.17) is 21.7 Å². The Hall–Kier alpha value is -0.190. The van der Waals surface area contributed by atoms with Crippen molar-refractivity contribution in [3.05, 3.63) is 0 Å². The lowest BCUT2D eigenvalue weighted by atomic mass is 10.1. The third-order valence-electron chi connectivity index (χ3n) is 2.14. The third kappa shape index (κ3) is 2.90. The van der Waals surface area contributed by atoms with Crippen molar-refractivity contribution >= 4 is 17.2 Å². The molecule has 4 heteroatoms. The Bertz CT molecular complexity index is 175. The zero-order valence-electron chi connectivity index (χ0n) is 8.21. The van der Waals surface area contributed by atoms with Crippen molar-refractivity contribution < 1.29 is 9.47 Å². The van der Waals surface area contributed by atoms with Crippen LogP contribution in [-0.4, -0.2) is 31.5 Å². The van der Waals surface area contributed by atoms with Crippen LogP contribution < -0.4 is 5.32 Å². The summed E-state index contributed by atoms with van der Waals surface area (Å²) in [7, 11) is 1.67. The molecule has 0 aliphatic carbocycles. The normalized spacial score (nSPS) is 24.5. The predicted octanol–water partition coefficient (Wildman–Crippen LogP) is 1.32. The van der Waals surface area contributed by atoms with Crippen LogP contribution in [-0.2, 0) is 9.47 Å². The van der Waals surface area contributed by atoms with E-state index >= 15 is 0 Å². The molecule has 1 heterocycles. The smallest absolute Gasteiger partial charge is 0.166 e. The van der Waals surface area contributed by atoms with Crippen molar-refractivity contribution in [3.63, 3.8) is 0 Å². The molecule has 0 aromatic rings. The van der Waals surface area contributed by atoms with Gasteiger partial charge in [-0.25, -0.2) is 0 Å². The van der Waals surface area contributed by atoms with Crippen molar-refractivity contribution in [1.82, 2.24) is 5.32 Å². The number of ether oxygens (including phenoxy) is 2. The molecule has 1 N–H and O–H groups in total. The first-order valence-corrected chi connectivity index (χ1v) is 5.12. The summed E-state index contributed by atoms with van der Waals surface area (Å²) in [5.41, 5.74) is 0. The van der Waals surface area contributed by atoms with Crippen LogP contribution in [0.15, 0.2) is 0 Å². The van der Waals surface area contributed by atoms with Gasteiger partial charge in [-0.15, -0.1) is 0 Å². The summed E-state index contributed by atoms with van der Waals surface area (Å²) in [5, 5.41) is 3.13. The van der Waals surface area contributed by atoms with Gasteiger partial charge >= 0.3 is 0 Å². The number of rotatable bonds is 5. The van der Waals surface area contributed by atoms with Gasteiger partial charge in [-0.1, -0.05) is 19.1 Å². The Morgan fingerprint density at radius 2 is 2.46 bits per heavy atom. The van der Waals surface area contributed by atoms with Crippen LogP contribution in [0.25, 0.3) is 0 Å². The maximum Gasteiger partial charge on any atom is 0.166 e. The van der Waals surface area contributed by atoms with Crippen molar-refractivity contribution in [2.24, 2.45) is 5.92 Å². The number of hydrogen-bond acceptors (Lipinski definition) is 3. The minimum absolute atomic E-state index is 0.164. The summed E-state index contributed by atoms with van der Waals surface area (Å²) >= 11 is 5.16. The van der Waals surface area contributed by atoms with E-state index in [1.807, 2.05) is 0 Å². The Morgan fingerprint density at radius 1 is 1.69 bits per heavy atom. The van der Waals surface area contributed by atoms with Crippen molar-refractivity contribution in [2.45, 2.75) is 26.1 Å². The second-order valence-corrected chi connectivity index (χ2v) is 3.60. The number of thiocarbonyl (C=S) groups is 1. The van der Waals surface area contributed by atoms with Gasteiger partial charge in [0.25, 0.3) is 0 Å². The lowest BCUT2D eigenvalue weighted by Crippen LogP contribution is -2.31. The van der Waals surface area contributed by atoms with Crippen LogP contribution in [0.4, 0.5) is 0 Å². The predicted molar refractivity (Wildman–Crippen MR) is 55.7 cm³/mol. The van der Waals surface area contributed by atoms with Crippen LogP contribution in [0, 0.1) is 5.92 Å². The zero-order chi connectivity index (χ0) is 9.68. The molecule has 1 aliphatic heterocycles. The zero-order valence-corrected chi connectivity index (χ0v) is 9.02. The molecule has 0 bridgehead atoms. The lowest BCUT2D eigenvalue weighted by Gasteiger charge is -2.21. The first-order valence-electron chi connectivity index (χ1n) is 4.71. The van der Waals surface area contributed by atoms with Gasteiger partial charge in [0, 0.05) is 20.3 Å². The van der Waals surface area contributed by atoms with E-state index in [0.29, 0.717) is 0 Å². The average Bonchev–Trinajstić information content (AvgIpc) is 2.54. The molecule has 1 saturated heterocycles. The number of nitrogens with one attached hydrogen (secondary N) is 1. The molecule has 1 rings (SSSR count). The van der Waals surface area contributed by atoms with Crippen molar-refractivity contribution in [3.8, 4) is 0 Å². The molecular weight excluding hydrogens is 186 g/mol. The van der Waals surface area contributed by atoms with Crippen LogP contribution in [0.2, 0.25) is 0 Å². The first-order chi connectivity index (χ1) is 6.29. The van der Waals surface area contributed by atoms with Gasteiger partial charge in [0.2, 0.25) is 0 Å². The molecule has 1 aliphatic rings. The van der Waals surface area contributed by atoms with Crippen molar-refractivity contribution in [2.75, 3.05) is 20.3 Å². The van der Waals surface area contributed by atoms with E-state index in [2.05, 4.69) is 12.2 Å². The maximum absolute atomic E-state index is 5.55. The molecule has 0 aromatic heterocycles. The maximum atomic E-state index is 5.55. The van der Waals surface area contributed by atoms with Crippen LogP contribution in [0.5, 0.6) is 0 Å². The number of methoxy groups -OCH3 is 1. The second-order valence-electron chi connectivity index (χ2n) is 3.16. The van der Waals surface area contributed by atoms with Gasteiger partial charge in [0.05, 0.1) is 10.9 Å². The Kier molecular flexibility index (Phi) is 4.62. The molecule has 2 atom stereocenters. The van der Waals surface area contributed by atoms with Crippen LogP contribution >= 0.6 is 12.2 Å². The standard InChI is InChI=1S/C9H17NO2S/c1-3-6-12-9(11-2)7-4-5-10-8(7)13/h7,9H,3-6H2,1-2H3,(H,10,13). The summed E-state index contributed by atoms with van der Waals surface area (Å²) in [5.74, 6) is 0.242. The fourth-order valence-electron chi connectivity index (χ4n) is 1.46. The molecule has 76 valence electrons. The van der Waals surface area contributed by atoms with E-state index in [-0.39, 0.29) is 12.2 Å². The minimum atomic E-state index is -0.164. The quantitative estimate of drug-likeness (QED) is 0.539. The second kappa shape index (κ2) is 5.52. The van der Waals surface area contributed by atoms with E-state index in [0.717, 1.165) is 31.0 Å².